The van der Waals surface area contributed by atoms with Crippen LogP contribution in [0.3, 0.4) is 0 Å². The molecule has 1 aromatic heterocycles. The third kappa shape index (κ3) is 5.39. The second-order valence-electron chi connectivity index (χ2n) is 7.35. The first-order valence-corrected chi connectivity index (χ1v) is 13.5. The van der Waals surface area contributed by atoms with Crippen molar-refractivity contribution in [1.82, 2.24) is 9.88 Å². The van der Waals surface area contributed by atoms with Crippen LogP contribution in [0.4, 0.5) is 5.13 Å². The lowest BCUT2D eigenvalue weighted by atomic mass is 10.2. The van der Waals surface area contributed by atoms with Crippen LogP contribution in [0.2, 0.25) is 5.02 Å². The highest BCUT2D eigenvalue weighted by atomic mass is 79.9. The van der Waals surface area contributed by atoms with E-state index >= 15 is 0 Å². The lowest BCUT2D eigenvalue weighted by Crippen LogP contribution is -2.48. The highest BCUT2D eigenvalue weighted by molar-refractivity contribution is 9.10. The first-order valence-electron chi connectivity index (χ1n) is 9.89. The summed E-state index contributed by atoms with van der Waals surface area (Å²) >= 11 is 11.0. The van der Waals surface area contributed by atoms with E-state index in [0.717, 1.165) is 32.9 Å². The summed E-state index contributed by atoms with van der Waals surface area (Å²) in [7, 11) is -3.41. The molecule has 164 valence electrons. The molecule has 1 amide bonds. The normalized spacial score (nSPS) is 14.9. The molecule has 10 heteroatoms. The lowest BCUT2D eigenvalue weighted by Gasteiger charge is -2.34. The average molecular weight is 543 g/mol. The van der Waals surface area contributed by atoms with Gasteiger partial charge in [0, 0.05) is 42.1 Å². The lowest BCUT2D eigenvalue weighted by molar-refractivity contribution is -0.131. The summed E-state index contributed by atoms with van der Waals surface area (Å²) in [6, 6.07) is 12.2. The smallest absolute Gasteiger partial charge is 0.222 e. The molecule has 2 aromatic carbocycles. The quantitative estimate of drug-likeness (QED) is 0.455. The molecule has 6 nitrogen and oxygen atoms in total. The molecular weight excluding hydrogens is 522 g/mol. The van der Waals surface area contributed by atoms with E-state index in [9.17, 15) is 13.2 Å². The Morgan fingerprint density at radius 2 is 1.81 bits per heavy atom. The predicted octanol–water partition coefficient (Wildman–Crippen LogP) is 4.61. The van der Waals surface area contributed by atoms with Crippen molar-refractivity contribution in [3.8, 4) is 0 Å². The van der Waals surface area contributed by atoms with Crippen molar-refractivity contribution in [1.29, 1.82) is 0 Å². The van der Waals surface area contributed by atoms with Gasteiger partial charge in [0.1, 0.15) is 0 Å². The minimum absolute atomic E-state index is 0.000753. The van der Waals surface area contributed by atoms with Crippen LogP contribution in [0.1, 0.15) is 12.8 Å². The van der Waals surface area contributed by atoms with Gasteiger partial charge in [-0.1, -0.05) is 38.9 Å². The summed E-state index contributed by atoms with van der Waals surface area (Å²) in [6.07, 6.45) is 0.527. The largest absolute Gasteiger partial charge is 0.345 e. The van der Waals surface area contributed by atoms with Crippen molar-refractivity contribution in [2.24, 2.45) is 0 Å². The van der Waals surface area contributed by atoms with Crippen LogP contribution in [0, 0.1) is 0 Å². The number of anilines is 1. The van der Waals surface area contributed by atoms with Crippen LogP contribution in [0.15, 0.2) is 51.8 Å². The number of benzene rings is 2. The van der Waals surface area contributed by atoms with Crippen LogP contribution >= 0.6 is 38.9 Å². The molecule has 3 aromatic rings. The molecule has 2 heterocycles. The van der Waals surface area contributed by atoms with Gasteiger partial charge in [0.2, 0.25) is 5.91 Å². The summed E-state index contributed by atoms with van der Waals surface area (Å²) in [4.78, 5) is 21.5. The van der Waals surface area contributed by atoms with E-state index in [1.807, 2.05) is 17.0 Å². The average Bonchev–Trinajstić information content (AvgIpc) is 3.17. The molecule has 1 saturated heterocycles. The van der Waals surface area contributed by atoms with Gasteiger partial charge in [-0.15, -0.1) is 0 Å². The van der Waals surface area contributed by atoms with Crippen molar-refractivity contribution >= 4 is 70.0 Å². The minimum Gasteiger partial charge on any atom is -0.345 e. The fraction of sp³-hybridized carbons (Fsp3) is 0.333. The molecule has 4 rings (SSSR count). The van der Waals surface area contributed by atoms with Crippen LogP contribution < -0.4 is 4.90 Å². The number of fused-ring (bicyclic) bond motifs is 1. The molecule has 0 atom stereocenters. The summed E-state index contributed by atoms with van der Waals surface area (Å²) in [5, 5.41) is 1.46. The third-order valence-corrected chi connectivity index (χ3v) is 8.86. The maximum absolute atomic E-state index is 12.6. The Morgan fingerprint density at radius 3 is 2.52 bits per heavy atom. The van der Waals surface area contributed by atoms with Gasteiger partial charge in [-0.2, -0.15) is 0 Å². The SMILES string of the molecule is O=C(CCCS(=O)(=O)c1ccc(Cl)cc1)N1CCN(c2nc3ccc(Br)cc3s2)CC1. The van der Waals surface area contributed by atoms with Crippen molar-refractivity contribution in [3.63, 3.8) is 0 Å². The monoisotopic (exact) mass is 541 g/mol. The highest BCUT2D eigenvalue weighted by Crippen LogP contribution is 2.31. The summed E-state index contributed by atoms with van der Waals surface area (Å²) in [6.45, 7) is 2.66. The van der Waals surface area contributed by atoms with E-state index in [-0.39, 0.29) is 23.0 Å². The Morgan fingerprint density at radius 1 is 1.10 bits per heavy atom. The Balaban J connectivity index is 1.27. The maximum atomic E-state index is 12.6. The Kier molecular flexibility index (Phi) is 6.86. The van der Waals surface area contributed by atoms with Crippen LogP contribution in [0.5, 0.6) is 0 Å². The van der Waals surface area contributed by atoms with Gasteiger partial charge in [0.25, 0.3) is 0 Å². The Labute approximate surface area is 198 Å². The predicted molar refractivity (Wildman–Crippen MR) is 129 cm³/mol. The van der Waals surface area contributed by atoms with Gasteiger partial charge < -0.3 is 9.80 Å². The van der Waals surface area contributed by atoms with Crippen molar-refractivity contribution < 1.29 is 13.2 Å². The van der Waals surface area contributed by atoms with Crippen LogP contribution in [-0.2, 0) is 14.6 Å². The molecule has 31 heavy (non-hydrogen) atoms. The number of halogens is 2. The molecular formula is C21H21BrClN3O3S2. The van der Waals surface area contributed by atoms with Gasteiger partial charge in [-0.3, -0.25) is 4.79 Å². The highest BCUT2D eigenvalue weighted by Gasteiger charge is 2.23. The molecule has 1 fully saturated rings. The molecule has 0 bridgehead atoms. The molecule has 0 unspecified atom stereocenters. The zero-order valence-corrected chi connectivity index (χ0v) is 20.6. The van der Waals surface area contributed by atoms with Crippen LogP contribution in [-0.4, -0.2) is 56.1 Å². The van der Waals surface area contributed by atoms with E-state index < -0.39 is 9.84 Å². The van der Waals surface area contributed by atoms with E-state index in [0.29, 0.717) is 24.5 Å². The standard InChI is InChI=1S/C21H21BrClN3O3S2/c22-15-3-8-18-19(14-15)30-21(24-18)26-11-9-25(10-12-26)20(27)2-1-13-31(28,29)17-6-4-16(23)5-7-17/h3-8,14H,1-2,9-13H2. The van der Waals surface area contributed by atoms with Crippen LogP contribution in [0.25, 0.3) is 10.2 Å². The zero-order chi connectivity index (χ0) is 22.0. The molecule has 0 radical (unpaired) electrons. The number of amides is 1. The van der Waals surface area contributed by atoms with Gasteiger partial charge in [0.15, 0.2) is 15.0 Å². The van der Waals surface area contributed by atoms with Crippen molar-refractivity contribution in [2.45, 2.75) is 17.7 Å². The van der Waals surface area contributed by atoms with E-state index in [1.54, 1.807) is 23.5 Å². The number of piperazine rings is 1. The maximum Gasteiger partial charge on any atom is 0.222 e. The van der Waals surface area contributed by atoms with E-state index in [4.69, 9.17) is 16.6 Å². The second kappa shape index (κ2) is 9.44. The Bertz CT molecular complexity index is 1190. The molecule has 0 spiro atoms. The molecule has 1 aliphatic heterocycles. The number of hydrogen-bond donors (Lipinski definition) is 0. The topological polar surface area (TPSA) is 70.6 Å². The van der Waals surface area contributed by atoms with Gasteiger partial charge in [-0.25, -0.2) is 13.4 Å². The van der Waals surface area contributed by atoms with E-state index in [2.05, 4.69) is 26.9 Å². The summed E-state index contributed by atoms with van der Waals surface area (Å²) < 4.78 is 27.0. The number of sulfone groups is 1. The van der Waals surface area contributed by atoms with E-state index in [1.165, 1.54) is 12.1 Å². The number of hydrogen-bond acceptors (Lipinski definition) is 6. The zero-order valence-electron chi connectivity index (χ0n) is 16.6. The Hall–Kier alpha value is -1.68. The first-order chi connectivity index (χ1) is 14.8. The third-order valence-electron chi connectivity index (χ3n) is 5.22. The number of carbonyl (C=O) groups is 1. The number of rotatable bonds is 6. The van der Waals surface area contributed by atoms with Crippen molar-refractivity contribution in [3.05, 3.63) is 52.0 Å². The molecule has 0 saturated carbocycles. The number of carbonyl (C=O) groups excluding carboxylic acids is 1. The minimum atomic E-state index is -3.41. The van der Waals surface area contributed by atoms with Gasteiger partial charge in [0.05, 0.1) is 20.9 Å². The number of nitrogens with zero attached hydrogens (tertiary/aromatic N) is 3. The van der Waals surface area contributed by atoms with Gasteiger partial charge >= 0.3 is 0 Å². The first kappa shape index (κ1) is 22.5. The number of aromatic nitrogens is 1. The summed E-state index contributed by atoms with van der Waals surface area (Å²) in [5.41, 5.74) is 0.976. The fourth-order valence-corrected chi connectivity index (χ4v) is 6.51. The summed E-state index contributed by atoms with van der Waals surface area (Å²) in [5.74, 6) is -0.0547. The molecule has 0 N–H and O–H groups in total. The van der Waals surface area contributed by atoms with Crippen molar-refractivity contribution in [2.75, 3.05) is 36.8 Å². The second-order valence-corrected chi connectivity index (χ2v) is 11.8. The molecule has 1 aliphatic rings. The fourth-order valence-electron chi connectivity index (χ4n) is 3.50. The van der Waals surface area contributed by atoms with Gasteiger partial charge in [-0.05, 0) is 48.9 Å². The molecule has 0 aliphatic carbocycles. The number of thiazole rings is 1.